The Bertz CT molecular complexity index is 1570. The van der Waals surface area contributed by atoms with Gasteiger partial charge in [-0.2, -0.15) is 0 Å². The predicted octanol–water partition coefficient (Wildman–Crippen LogP) is 6.42. The molecule has 40 heavy (non-hydrogen) atoms. The minimum Gasteiger partial charge on any atom is -0.340 e. The van der Waals surface area contributed by atoms with Gasteiger partial charge in [0.15, 0.2) is 5.16 Å². The molecule has 0 aliphatic carbocycles. The SMILES string of the molecule is O=C(CCCSc1nc2ccccc2c(=O)n1-c1ccc(Cl)cc1Cl)N1CCN(C/C=C/c2ccccc2)CC1. The van der Waals surface area contributed by atoms with Crippen molar-refractivity contribution in [3.63, 3.8) is 0 Å². The largest absolute Gasteiger partial charge is 0.340 e. The van der Waals surface area contributed by atoms with E-state index in [-0.39, 0.29) is 11.5 Å². The Balaban J connectivity index is 1.16. The number of hydrogen-bond donors (Lipinski definition) is 0. The van der Waals surface area contributed by atoms with E-state index >= 15 is 0 Å². The van der Waals surface area contributed by atoms with Crippen LogP contribution in [-0.4, -0.2) is 63.7 Å². The van der Waals surface area contributed by atoms with Crippen molar-refractivity contribution in [3.05, 3.63) is 105 Å². The summed E-state index contributed by atoms with van der Waals surface area (Å²) < 4.78 is 1.54. The van der Waals surface area contributed by atoms with Crippen LogP contribution in [0.4, 0.5) is 0 Å². The number of hydrogen-bond acceptors (Lipinski definition) is 5. The lowest BCUT2D eigenvalue weighted by Crippen LogP contribution is -2.48. The number of piperazine rings is 1. The lowest BCUT2D eigenvalue weighted by molar-refractivity contribution is -0.132. The van der Waals surface area contributed by atoms with Crippen LogP contribution in [0.3, 0.4) is 0 Å². The molecule has 206 valence electrons. The molecule has 1 aliphatic rings. The molecule has 5 rings (SSSR count). The van der Waals surface area contributed by atoms with Crippen molar-refractivity contribution in [1.82, 2.24) is 19.4 Å². The first-order valence-electron chi connectivity index (χ1n) is 13.3. The third kappa shape index (κ3) is 6.96. The summed E-state index contributed by atoms with van der Waals surface area (Å²) >= 11 is 14.0. The summed E-state index contributed by atoms with van der Waals surface area (Å²) in [5.74, 6) is 0.816. The number of rotatable bonds is 9. The summed E-state index contributed by atoms with van der Waals surface area (Å²) in [6.07, 6.45) is 5.46. The minimum absolute atomic E-state index is 0.171. The normalized spacial score (nSPS) is 14.3. The van der Waals surface area contributed by atoms with Crippen LogP contribution in [0.25, 0.3) is 22.7 Å². The second-order valence-electron chi connectivity index (χ2n) is 9.59. The van der Waals surface area contributed by atoms with Crippen molar-refractivity contribution >= 4 is 57.8 Å². The van der Waals surface area contributed by atoms with E-state index in [1.54, 1.807) is 28.8 Å². The Morgan fingerprint density at radius 1 is 0.950 bits per heavy atom. The molecule has 0 unspecified atom stereocenters. The molecule has 1 saturated heterocycles. The molecule has 2 heterocycles. The van der Waals surface area contributed by atoms with Gasteiger partial charge < -0.3 is 4.90 Å². The fourth-order valence-corrected chi connectivity index (χ4v) is 6.15. The fraction of sp³-hybridized carbons (Fsp3) is 0.258. The van der Waals surface area contributed by atoms with Crippen molar-refractivity contribution in [3.8, 4) is 5.69 Å². The molecule has 1 aliphatic heterocycles. The Hall–Kier alpha value is -3.10. The van der Waals surface area contributed by atoms with E-state index in [9.17, 15) is 9.59 Å². The lowest BCUT2D eigenvalue weighted by atomic mass is 10.2. The summed E-state index contributed by atoms with van der Waals surface area (Å²) in [6, 6.07) is 22.6. The van der Waals surface area contributed by atoms with E-state index in [0.29, 0.717) is 50.4 Å². The number of carbonyl (C=O) groups is 1. The number of amides is 1. The highest BCUT2D eigenvalue weighted by molar-refractivity contribution is 7.99. The van der Waals surface area contributed by atoms with Gasteiger partial charge in [-0.15, -0.1) is 0 Å². The molecule has 1 amide bonds. The number of carbonyl (C=O) groups excluding carboxylic acids is 1. The van der Waals surface area contributed by atoms with Crippen molar-refractivity contribution in [2.75, 3.05) is 38.5 Å². The van der Waals surface area contributed by atoms with Gasteiger partial charge in [0, 0.05) is 49.9 Å². The first-order valence-corrected chi connectivity index (χ1v) is 15.1. The second-order valence-corrected chi connectivity index (χ2v) is 11.5. The summed E-state index contributed by atoms with van der Waals surface area (Å²) in [6.45, 7) is 4.10. The number of fused-ring (bicyclic) bond motifs is 1. The van der Waals surface area contributed by atoms with Gasteiger partial charge in [0.05, 0.1) is 21.6 Å². The summed E-state index contributed by atoms with van der Waals surface area (Å²) in [7, 11) is 0. The van der Waals surface area contributed by atoms with Crippen LogP contribution >= 0.6 is 35.0 Å². The van der Waals surface area contributed by atoms with E-state index in [0.717, 1.165) is 32.7 Å². The van der Waals surface area contributed by atoms with Crippen LogP contribution in [0, 0.1) is 0 Å². The zero-order chi connectivity index (χ0) is 27.9. The van der Waals surface area contributed by atoms with Crippen molar-refractivity contribution in [1.29, 1.82) is 0 Å². The maximum Gasteiger partial charge on any atom is 0.266 e. The second kappa shape index (κ2) is 13.5. The maximum atomic E-state index is 13.4. The quantitative estimate of drug-likeness (QED) is 0.127. The topological polar surface area (TPSA) is 58.4 Å². The molecule has 0 saturated carbocycles. The number of para-hydroxylation sites is 1. The van der Waals surface area contributed by atoms with Crippen LogP contribution in [0.15, 0.2) is 88.8 Å². The molecule has 4 aromatic rings. The Labute approximate surface area is 248 Å². The predicted molar refractivity (Wildman–Crippen MR) is 166 cm³/mol. The highest BCUT2D eigenvalue weighted by Crippen LogP contribution is 2.28. The molecule has 0 N–H and O–H groups in total. The molecular weight excluding hydrogens is 563 g/mol. The number of halogens is 2. The molecule has 1 fully saturated rings. The van der Waals surface area contributed by atoms with E-state index in [1.807, 2.05) is 41.3 Å². The Morgan fingerprint density at radius 2 is 1.70 bits per heavy atom. The third-order valence-corrected chi connectivity index (χ3v) is 8.42. The van der Waals surface area contributed by atoms with Crippen LogP contribution in [-0.2, 0) is 4.79 Å². The first-order chi connectivity index (χ1) is 19.5. The lowest BCUT2D eigenvalue weighted by Gasteiger charge is -2.34. The van der Waals surface area contributed by atoms with Crippen molar-refractivity contribution < 1.29 is 4.79 Å². The number of aromatic nitrogens is 2. The van der Waals surface area contributed by atoms with Gasteiger partial charge in [0.2, 0.25) is 5.91 Å². The summed E-state index contributed by atoms with van der Waals surface area (Å²) in [5.41, 5.74) is 2.17. The van der Waals surface area contributed by atoms with Crippen molar-refractivity contribution in [2.45, 2.75) is 18.0 Å². The van der Waals surface area contributed by atoms with E-state index in [2.05, 4.69) is 29.2 Å². The standard InChI is InChI=1S/C31H30Cl2N4O2S/c32-24-14-15-28(26(33)22-24)37-30(39)25-11-4-5-12-27(25)34-31(37)40-21-7-13-29(38)36-19-17-35(18-20-36)16-6-10-23-8-2-1-3-9-23/h1-6,8-12,14-15,22H,7,13,16-21H2/b10-6+. The van der Waals surface area contributed by atoms with Crippen LogP contribution in [0.2, 0.25) is 10.0 Å². The number of nitrogens with zero attached hydrogens (tertiary/aromatic N) is 4. The molecule has 0 radical (unpaired) electrons. The highest BCUT2D eigenvalue weighted by Gasteiger charge is 2.20. The van der Waals surface area contributed by atoms with Gasteiger partial charge in [-0.3, -0.25) is 19.1 Å². The van der Waals surface area contributed by atoms with E-state index in [1.165, 1.54) is 17.3 Å². The van der Waals surface area contributed by atoms with Gasteiger partial charge in [0.25, 0.3) is 5.56 Å². The minimum atomic E-state index is -0.190. The van der Waals surface area contributed by atoms with Gasteiger partial charge in [-0.05, 0) is 42.3 Å². The van der Waals surface area contributed by atoms with Crippen molar-refractivity contribution in [2.24, 2.45) is 0 Å². The molecule has 0 atom stereocenters. The summed E-state index contributed by atoms with van der Waals surface area (Å²) in [5, 5.41) is 1.92. The smallest absolute Gasteiger partial charge is 0.266 e. The van der Waals surface area contributed by atoms with Crippen LogP contribution in [0.5, 0.6) is 0 Å². The number of thioether (sulfide) groups is 1. The fourth-order valence-electron chi connectivity index (χ4n) is 4.71. The van der Waals surface area contributed by atoms with E-state index < -0.39 is 0 Å². The molecule has 3 aromatic carbocycles. The highest BCUT2D eigenvalue weighted by atomic mass is 35.5. The Morgan fingerprint density at radius 3 is 2.48 bits per heavy atom. The molecular formula is C31H30Cl2N4O2S. The maximum absolute atomic E-state index is 13.4. The zero-order valence-corrected chi connectivity index (χ0v) is 24.3. The monoisotopic (exact) mass is 592 g/mol. The summed E-state index contributed by atoms with van der Waals surface area (Å²) in [4.78, 5) is 35.4. The average Bonchev–Trinajstić information content (AvgIpc) is 2.97. The molecule has 0 bridgehead atoms. The number of benzene rings is 3. The Kier molecular flexibility index (Phi) is 9.60. The first kappa shape index (κ1) is 28.4. The molecule has 1 aromatic heterocycles. The average molecular weight is 594 g/mol. The van der Waals surface area contributed by atoms with Gasteiger partial charge in [-0.1, -0.05) is 89.6 Å². The van der Waals surface area contributed by atoms with Gasteiger partial charge >= 0.3 is 0 Å². The third-order valence-electron chi connectivity index (χ3n) is 6.86. The molecule has 6 nitrogen and oxygen atoms in total. The molecule has 0 spiro atoms. The zero-order valence-electron chi connectivity index (χ0n) is 22.0. The molecule has 9 heteroatoms. The van der Waals surface area contributed by atoms with Gasteiger partial charge in [-0.25, -0.2) is 4.98 Å². The van der Waals surface area contributed by atoms with Crippen LogP contribution < -0.4 is 5.56 Å². The van der Waals surface area contributed by atoms with Crippen LogP contribution in [0.1, 0.15) is 18.4 Å². The van der Waals surface area contributed by atoms with E-state index in [4.69, 9.17) is 28.2 Å². The van der Waals surface area contributed by atoms with Gasteiger partial charge in [0.1, 0.15) is 0 Å².